The van der Waals surface area contributed by atoms with Gasteiger partial charge in [-0.25, -0.2) is 0 Å². The molecule has 21 heavy (non-hydrogen) atoms. The number of aromatic nitrogens is 2. The van der Waals surface area contributed by atoms with Crippen LogP contribution in [-0.2, 0) is 19.2 Å². The molecule has 1 aromatic rings. The summed E-state index contributed by atoms with van der Waals surface area (Å²) in [6.07, 6.45) is -1.44. The van der Waals surface area contributed by atoms with Gasteiger partial charge in [0, 0.05) is 0 Å². The van der Waals surface area contributed by atoms with Crippen molar-refractivity contribution in [3.8, 4) is 0 Å². The molecule has 10 nitrogen and oxygen atoms in total. The fourth-order valence-corrected chi connectivity index (χ4v) is 1.71. The van der Waals surface area contributed by atoms with E-state index in [1.165, 1.54) is 0 Å². The summed E-state index contributed by atoms with van der Waals surface area (Å²) in [4.78, 5) is 43.2. The first-order valence-corrected chi connectivity index (χ1v) is 5.66. The zero-order chi connectivity index (χ0) is 16.2. The summed E-state index contributed by atoms with van der Waals surface area (Å²) in [6.45, 7) is 0. The van der Waals surface area contributed by atoms with Crippen LogP contribution < -0.4 is 0 Å². The van der Waals surface area contributed by atoms with Crippen molar-refractivity contribution >= 4 is 23.9 Å². The number of carboxylic acids is 4. The quantitative estimate of drug-likeness (QED) is 0.430. The lowest BCUT2D eigenvalue weighted by Gasteiger charge is -2.07. The Kier molecular flexibility index (Phi) is 5.00. The maximum absolute atomic E-state index is 11.0. The molecule has 0 fully saturated rings. The van der Waals surface area contributed by atoms with E-state index >= 15 is 0 Å². The van der Waals surface area contributed by atoms with Crippen LogP contribution in [0, 0.1) is 0 Å². The van der Waals surface area contributed by atoms with Crippen molar-refractivity contribution < 1.29 is 39.6 Å². The van der Waals surface area contributed by atoms with E-state index < -0.39 is 48.6 Å². The average molecular weight is 300 g/mol. The van der Waals surface area contributed by atoms with E-state index in [4.69, 9.17) is 20.4 Å². The van der Waals surface area contributed by atoms with Crippen LogP contribution in [0.15, 0.2) is 6.07 Å². The van der Waals surface area contributed by atoms with Crippen LogP contribution in [0.2, 0.25) is 0 Å². The SMILES string of the molecule is O=C(O)CC(C(=O)O)c1cc(C(CC(=O)O)C(=O)O)[nH]n1. The fourth-order valence-electron chi connectivity index (χ4n) is 1.71. The molecule has 0 saturated heterocycles. The fraction of sp³-hybridized carbons (Fsp3) is 0.364. The first kappa shape index (κ1) is 16.1. The minimum atomic E-state index is -1.45. The first-order chi connectivity index (χ1) is 9.72. The number of carboxylic acid groups (broad SMARTS) is 4. The Morgan fingerprint density at radius 1 is 0.952 bits per heavy atom. The van der Waals surface area contributed by atoms with Crippen molar-refractivity contribution in [1.29, 1.82) is 0 Å². The van der Waals surface area contributed by atoms with Crippen LogP contribution in [0.5, 0.6) is 0 Å². The van der Waals surface area contributed by atoms with Gasteiger partial charge in [0.1, 0.15) is 11.8 Å². The summed E-state index contributed by atoms with van der Waals surface area (Å²) in [5.74, 6) is -8.43. The van der Waals surface area contributed by atoms with E-state index in [0.717, 1.165) is 6.07 Å². The molecule has 0 radical (unpaired) electrons. The summed E-state index contributed by atoms with van der Waals surface area (Å²) in [5, 5.41) is 41.0. The lowest BCUT2D eigenvalue weighted by molar-refractivity contribution is -0.145. The van der Waals surface area contributed by atoms with Gasteiger partial charge in [0.15, 0.2) is 0 Å². The molecule has 10 heteroatoms. The van der Waals surface area contributed by atoms with Crippen molar-refractivity contribution in [2.24, 2.45) is 0 Å². The summed E-state index contributed by atoms with van der Waals surface area (Å²) >= 11 is 0. The Bertz CT molecular complexity index is 530. The number of carbonyl (C=O) groups is 4. The number of aromatic amines is 1. The van der Waals surface area contributed by atoms with Gasteiger partial charge in [-0.2, -0.15) is 5.10 Å². The molecule has 1 aromatic heterocycles. The molecule has 1 rings (SSSR count). The van der Waals surface area contributed by atoms with E-state index in [0.29, 0.717) is 0 Å². The minimum Gasteiger partial charge on any atom is -0.481 e. The maximum atomic E-state index is 11.0. The lowest BCUT2D eigenvalue weighted by Crippen LogP contribution is -2.17. The van der Waals surface area contributed by atoms with Gasteiger partial charge < -0.3 is 20.4 Å². The van der Waals surface area contributed by atoms with Gasteiger partial charge in [0.05, 0.1) is 24.2 Å². The van der Waals surface area contributed by atoms with Gasteiger partial charge in [-0.05, 0) is 6.07 Å². The third kappa shape index (κ3) is 4.30. The second-order valence-corrected chi connectivity index (χ2v) is 4.23. The smallest absolute Gasteiger partial charge is 0.313 e. The summed E-state index contributed by atoms with van der Waals surface area (Å²) < 4.78 is 0. The summed E-state index contributed by atoms with van der Waals surface area (Å²) in [7, 11) is 0. The Balaban J connectivity index is 3.06. The van der Waals surface area contributed by atoms with Crippen LogP contribution >= 0.6 is 0 Å². The maximum Gasteiger partial charge on any atom is 0.313 e. The largest absolute Gasteiger partial charge is 0.481 e. The molecule has 0 aliphatic carbocycles. The highest BCUT2D eigenvalue weighted by Crippen LogP contribution is 2.24. The molecular formula is C11H12N2O8. The highest BCUT2D eigenvalue weighted by molar-refractivity contribution is 5.83. The van der Waals surface area contributed by atoms with Gasteiger partial charge in [-0.1, -0.05) is 0 Å². The Morgan fingerprint density at radius 2 is 1.43 bits per heavy atom. The number of aliphatic carboxylic acids is 4. The Labute approximate surface area is 117 Å². The monoisotopic (exact) mass is 300 g/mol. The number of rotatable bonds is 8. The van der Waals surface area contributed by atoms with E-state index in [9.17, 15) is 19.2 Å². The molecule has 2 unspecified atom stereocenters. The molecule has 2 atom stereocenters. The van der Waals surface area contributed by atoms with Crippen molar-refractivity contribution in [2.45, 2.75) is 24.7 Å². The highest BCUT2D eigenvalue weighted by atomic mass is 16.4. The second kappa shape index (κ2) is 6.50. The molecule has 0 aromatic carbocycles. The molecule has 5 N–H and O–H groups in total. The number of nitrogens with zero attached hydrogens (tertiary/aromatic N) is 1. The number of H-pyrrole nitrogens is 1. The van der Waals surface area contributed by atoms with E-state index in [1.807, 2.05) is 0 Å². The van der Waals surface area contributed by atoms with E-state index in [2.05, 4.69) is 10.2 Å². The molecule has 0 bridgehead atoms. The predicted octanol–water partition coefficient (Wildman–Crippen LogP) is -0.305. The highest BCUT2D eigenvalue weighted by Gasteiger charge is 2.30. The van der Waals surface area contributed by atoms with E-state index in [1.54, 1.807) is 0 Å². The summed E-state index contributed by atoms with van der Waals surface area (Å²) in [5.41, 5.74) is -0.270. The number of hydrogen-bond donors (Lipinski definition) is 5. The molecule has 0 aliphatic rings. The van der Waals surface area contributed by atoms with Gasteiger partial charge in [0.25, 0.3) is 0 Å². The third-order valence-corrected chi connectivity index (χ3v) is 2.70. The molecule has 0 saturated carbocycles. The van der Waals surface area contributed by atoms with E-state index in [-0.39, 0.29) is 11.4 Å². The van der Waals surface area contributed by atoms with Crippen LogP contribution in [0.1, 0.15) is 36.1 Å². The lowest BCUT2D eigenvalue weighted by atomic mass is 9.97. The first-order valence-electron chi connectivity index (χ1n) is 5.66. The van der Waals surface area contributed by atoms with Crippen molar-refractivity contribution in [3.63, 3.8) is 0 Å². The predicted molar refractivity (Wildman–Crippen MR) is 63.8 cm³/mol. The molecule has 114 valence electrons. The number of nitrogens with one attached hydrogen (secondary N) is 1. The van der Waals surface area contributed by atoms with Crippen LogP contribution in [0.3, 0.4) is 0 Å². The van der Waals surface area contributed by atoms with Crippen LogP contribution in [0.4, 0.5) is 0 Å². The van der Waals surface area contributed by atoms with Gasteiger partial charge in [0.2, 0.25) is 0 Å². The zero-order valence-electron chi connectivity index (χ0n) is 10.5. The molecule has 0 spiro atoms. The molecule has 1 heterocycles. The van der Waals surface area contributed by atoms with Crippen molar-refractivity contribution in [2.75, 3.05) is 0 Å². The minimum absolute atomic E-state index is 0.100. The zero-order valence-corrected chi connectivity index (χ0v) is 10.5. The Hall–Kier alpha value is -2.91. The van der Waals surface area contributed by atoms with Gasteiger partial charge in [-0.15, -0.1) is 0 Å². The van der Waals surface area contributed by atoms with Crippen LogP contribution in [-0.4, -0.2) is 54.5 Å². The normalized spacial score (nSPS) is 13.3. The molecule has 0 amide bonds. The van der Waals surface area contributed by atoms with Crippen molar-refractivity contribution in [3.05, 3.63) is 17.5 Å². The molecular weight excluding hydrogens is 288 g/mol. The third-order valence-electron chi connectivity index (χ3n) is 2.70. The topological polar surface area (TPSA) is 178 Å². The standard InChI is InChI=1S/C11H12N2O8/c14-8(15)1-4(10(18)19)6-3-7(13-12-6)5(11(20)21)2-9(16)17/h3-5H,1-2H2,(H,12,13)(H,14,15)(H,16,17)(H,18,19)(H,20,21). The Morgan fingerprint density at radius 3 is 1.86 bits per heavy atom. The molecule has 0 aliphatic heterocycles. The second-order valence-electron chi connectivity index (χ2n) is 4.23. The van der Waals surface area contributed by atoms with Gasteiger partial charge >= 0.3 is 23.9 Å². The number of hydrogen-bond acceptors (Lipinski definition) is 5. The summed E-state index contributed by atoms with van der Waals surface area (Å²) in [6, 6.07) is 1.06. The van der Waals surface area contributed by atoms with Crippen molar-refractivity contribution in [1.82, 2.24) is 10.2 Å². The van der Waals surface area contributed by atoms with Gasteiger partial charge in [-0.3, -0.25) is 24.3 Å². The average Bonchev–Trinajstić information content (AvgIpc) is 2.80. The van der Waals surface area contributed by atoms with Crippen LogP contribution in [0.25, 0.3) is 0 Å².